The van der Waals surface area contributed by atoms with E-state index in [1.807, 2.05) is 62.4 Å². The monoisotopic (exact) mass is 538 g/mol. The Morgan fingerprint density at radius 1 is 1.08 bits per heavy atom. The number of nitrogens with one attached hydrogen (secondary N) is 1. The third kappa shape index (κ3) is 5.81. The number of pyridine rings is 1. The molecule has 2 heterocycles. The lowest BCUT2D eigenvalue weighted by molar-refractivity contribution is -0.119. The van der Waals surface area contributed by atoms with Crippen LogP contribution in [0.3, 0.4) is 0 Å². The number of thiophene rings is 1. The van der Waals surface area contributed by atoms with Gasteiger partial charge in [-0.1, -0.05) is 62.7 Å². The second-order valence-corrected chi connectivity index (χ2v) is 12.4. The SMILES string of the molecule is Cc1ccc(NC(=O)COC(=O)c2c3c(nc4ccccc24)/C(=C\c2cccs2)C[C@@H](C(C)(C)C)C3)c(C)c1. The molecule has 0 saturated heterocycles. The Balaban J connectivity index is 1.52. The average molecular weight is 539 g/mol. The molecule has 0 unspecified atom stereocenters. The first-order valence-electron chi connectivity index (χ1n) is 13.3. The molecule has 5 nitrogen and oxygen atoms in total. The molecule has 2 aromatic heterocycles. The first-order valence-corrected chi connectivity index (χ1v) is 14.2. The number of allylic oxidation sites excluding steroid dienone is 1. The number of ether oxygens (including phenoxy) is 1. The summed E-state index contributed by atoms with van der Waals surface area (Å²) >= 11 is 1.69. The highest BCUT2D eigenvalue weighted by atomic mass is 32.1. The number of anilines is 1. The summed E-state index contributed by atoms with van der Waals surface area (Å²) in [6.07, 6.45) is 3.81. The third-order valence-electron chi connectivity index (χ3n) is 7.49. The second kappa shape index (κ2) is 10.8. The topological polar surface area (TPSA) is 68.3 Å². The standard InChI is InChI=1S/C33H34N2O3S/c1-20-12-13-27(21(2)15-20)34-29(36)19-38-32(37)30-25-10-6-7-11-28(25)35-31-22(17-24-9-8-14-39-24)16-23(18-26(30)31)33(3,4)5/h6-15,17,23H,16,18-19H2,1-5H3,(H,34,36)/b22-17-/t23-/m1/s1. The molecular formula is C33H34N2O3S. The summed E-state index contributed by atoms with van der Waals surface area (Å²) in [5.41, 5.74) is 6.97. The maximum Gasteiger partial charge on any atom is 0.339 e. The number of amides is 1. The van der Waals surface area contributed by atoms with Crippen molar-refractivity contribution in [3.63, 3.8) is 0 Å². The molecule has 1 aliphatic carbocycles. The van der Waals surface area contributed by atoms with Crippen molar-refractivity contribution < 1.29 is 14.3 Å². The van der Waals surface area contributed by atoms with Crippen LogP contribution >= 0.6 is 11.3 Å². The molecule has 0 aliphatic heterocycles. The van der Waals surface area contributed by atoms with Crippen LogP contribution in [0.15, 0.2) is 60.0 Å². The molecule has 0 saturated carbocycles. The van der Waals surface area contributed by atoms with Crippen molar-refractivity contribution in [3.8, 4) is 0 Å². The molecule has 0 spiro atoms. The molecule has 0 radical (unpaired) electrons. The molecule has 0 bridgehead atoms. The highest BCUT2D eigenvalue weighted by Crippen LogP contribution is 2.45. The Hall–Kier alpha value is -3.77. The minimum atomic E-state index is -0.495. The van der Waals surface area contributed by atoms with E-state index in [1.54, 1.807) is 11.3 Å². The Morgan fingerprint density at radius 3 is 2.59 bits per heavy atom. The molecule has 0 fully saturated rings. The van der Waals surface area contributed by atoms with Gasteiger partial charge in [-0.3, -0.25) is 4.79 Å². The van der Waals surface area contributed by atoms with E-state index in [-0.39, 0.29) is 17.9 Å². The van der Waals surface area contributed by atoms with E-state index < -0.39 is 5.97 Å². The number of carbonyl (C=O) groups excluding carboxylic acids is 2. The predicted octanol–water partition coefficient (Wildman–Crippen LogP) is 7.86. The summed E-state index contributed by atoms with van der Waals surface area (Å²) in [4.78, 5) is 32.7. The molecular weight excluding hydrogens is 504 g/mol. The largest absolute Gasteiger partial charge is 0.452 e. The number of esters is 1. The van der Waals surface area contributed by atoms with Crippen molar-refractivity contribution in [3.05, 3.63) is 92.8 Å². The van der Waals surface area contributed by atoms with E-state index in [2.05, 4.69) is 43.6 Å². The molecule has 200 valence electrons. The van der Waals surface area contributed by atoms with Crippen LogP contribution < -0.4 is 5.32 Å². The fourth-order valence-electron chi connectivity index (χ4n) is 5.26. The third-order valence-corrected chi connectivity index (χ3v) is 8.31. The van der Waals surface area contributed by atoms with E-state index in [0.29, 0.717) is 17.2 Å². The van der Waals surface area contributed by atoms with Crippen molar-refractivity contribution in [2.45, 2.75) is 47.5 Å². The zero-order valence-electron chi connectivity index (χ0n) is 23.1. The second-order valence-electron chi connectivity index (χ2n) is 11.4. The fraction of sp³-hybridized carbons (Fsp3) is 0.303. The van der Waals surface area contributed by atoms with Gasteiger partial charge in [-0.15, -0.1) is 11.3 Å². The van der Waals surface area contributed by atoms with Crippen LogP contribution in [0.2, 0.25) is 0 Å². The first kappa shape index (κ1) is 26.8. The van der Waals surface area contributed by atoms with Gasteiger partial charge in [0.2, 0.25) is 0 Å². The van der Waals surface area contributed by atoms with E-state index >= 15 is 0 Å². The number of carbonyl (C=O) groups is 2. The molecule has 1 atom stereocenters. The summed E-state index contributed by atoms with van der Waals surface area (Å²) in [5, 5.41) is 5.68. The summed E-state index contributed by atoms with van der Waals surface area (Å²) in [5.74, 6) is -0.544. The molecule has 1 N–H and O–H groups in total. The Labute approximate surface area is 233 Å². The molecule has 5 rings (SSSR count). The van der Waals surface area contributed by atoms with Crippen molar-refractivity contribution in [1.29, 1.82) is 0 Å². The lowest BCUT2D eigenvalue weighted by Gasteiger charge is -2.36. The van der Waals surface area contributed by atoms with Crippen molar-refractivity contribution in [2.24, 2.45) is 11.3 Å². The summed E-state index contributed by atoms with van der Waals surface area (Å²) < 4.78 is 5.67. The zero-order valence-corrected chi connectivity index (χ0v) is 23.9. The smallest absolute Gasteiger partial charge is 0.339 e. The van der Waals surface area contributed by atoms with E-state index in [9.17, 15) is 9.59 Å². The highest BCUT2D eigenvalue weighted by Gasteiger charge is 2.35. The number of fused-ring (bicyclic) bond motifs is 2. The van der Waals surface area contributed by atoms with Gasteiger partial charge in [0.25, 0.3) is 5.91 Å². The van der Waals surface area contributed by atoms with Gasteiger partial charge < -0.3 is 10.1 Å². The van der Waals surface area contributed by atoms with Crippen LogP contribution in [0.4, 0.5) is 5.69 Å². The number of aromatic nitrogens is 1. The molecule has 1 aliphatic rings. The number of nitrogens with zero attached hydrogens (tertiary/aromatic N) is 1. The predicted molar refractivity (Wildman–Crippen MR) is 160 cm³/mol. The van der Waals surface area contributed by atoms with Gasteiger partial charge in [-0.2, -0.15) is 0 Å². The number of hydrogen-bond donors (Lipinski definition) is 1. The molecule has 1 amide bonds. The Kier molecular flexibility index (Phi) is 7.41. The maximum atomic E-state index is 13.7. The number of rotatable bonds is 5. The van der Waals surface area contributed by atoms with Crippen LogP contribution in [0.5, 0.6) is 0 Å². The minimum absolute atomic E-state index is 0.0326. The average Bonchev–Trinajstić information content (AvgIpc) is 3.40. The van der Waals surface area contributed by atoms with Crippen LogP contribution in [0.1, 0.15) is 64.8 Å². The summed E-state index contributed by atoms with van der Waals surface area (Å²) in [6.45, 7) is 10.3. The number of para-hydroxylation sites is 1. The van der Waals surface area contributed by atoms with Crippen molar-refractivity contribution in [2.75, 3.05) is 11.9 Å². The summed E-state index contributed by atoms with van der Waals surface area (Å²) in [7, 11) is 0. The maximum absolute atomic E-state index is 13.7. The fourth-order valence-corrected chi connectivity index (χ4v) is 5.94. The van der Waals surface area contributed by atoms with Crippen molar-refractivity contribution >= 4 is 51.5 Å². The summed E-state index contributed by atoms with van der Waals surface area (Å²) in [6, 6.07) is 17.6. The zero-order chi connectivity index (χ0) is 27.7. The molecule has 4 aromatic rings. The van der Waals surface area contributed by atoms with E-state index in [4.69, 9.17) is 9.72 Å². The van der Waals surface area contributed by atoms with Gasteiger partial charge in [0.15, 0.2) is 6.61 Å². The van der Waals surface area contributed by atoms with Crippen molar-refractivity contribution in [1.82, 2.24) is 4.98 Å². The Morgan fingerprint density at radius 2 is 1.87 bits per heavy atom. The van der Waals surface area contributed by atoms with Crippen LogP contribution in [-0.4, -0.2) is 23.5 Å². The van der Waals surface area contributed by atoms with Gasteiger partial charge in [0, 0.05) is 16.0 Å². The number of hydrogen-bond acceptors (Lipinski definition) is 5. The van der Waals surface area contributed by atoms with Crippen LogP contribution in [-0.2, 0) is 16.0 Å². The van der Waals surface area contributed by atoms with Gasteiger partial charge in [-0.05, 0) is 84.4 Å². The van der Waals surface area contributed by atoms with Gasteiger partial charge >= 0.3 is 5.97 Å². The van der Waals surface area contributed by atoms with E-state index in [1.165, 1.54) is 0 Å². The van der Waals surface area contributed by atoms with Gasteiger partial charge in [0.1, 0.15) is 0 Å². The number of aryl methyl sites for hydroxylation is 2. The Bertz CT molecular complexity index is 1580. The van der Waals surface area contributed by atoms with Crippen LogP contribution in [0.25, 0.3) is 22.6 Å². The molecule has 2 aromatic carbocycles. The van der Waals surface area contributed by atoms with E-state index in [0.717, 1.165) is 56.6 Å². The lowest BCUT2D eigenvalue weighted by atomic mass is 9.69. The molecule has 6 heteroatoms. The minimum Gasteiger partial charge on any atom is -0.452 e. The normalized spacial score (nSPS) is 16.2. The quantitative estimate of drug-likeness (QED) is 0.263. The van der Waals surface area contributed by atoms with Gasteiger partial charge in [0.05, 0.1) is 16.8 Å². The lowest BCUT2D eigenvalue weighted by Crippen LogP contribution is -2.29. The van der Waals surface area contributed by atoms with Gasteiger partial charge in [-0.25, -0.2) is 9.78 Å². The highest BCUT2D eigenvalue weighted by molar-refractivity contribution is 7.10. The first-order chi connectivity index (χ1) is 18.6. The molecule has 39 heavy (non-hydrogen) atoms. The van der Waals surface area contributed by atoms with Crippen LogP contribution in [0, 0.1) is 25.2 Å². The number of benzene rings is 2.